The molecule has 1 atom stereocenters. The van der Waals surface area contributed by atoms with Crippen LogP contribution in [0.25, 0.3) is 11.0 Å². The van der Waals surface area contributed by atoms with Crippen LogP contribution in [0, 0.1) is 26.7 Å². The van der Waals surface area contributed by atoms with Crippen molar-refractivity contribution in [1.82, 2.24) is 10.2 Å². The molecule has 4 heteroatoms. The van der Waals surface area contributed by atoms with E-state index in [0.29, 0.717) is 11.7 Å². The Morgan fingerprint density at radius 3 is 2.33 bits per heavy atom. The van der Waals surface area contributed by atoms with E-state index in [9.17, 15) is 4.79 Å². The van der Waals surface area contributed by atoms with E-state index in [1.165, 1.54) is 0 Å². The lowest BCUT2D eigenvalue weighted by Gasteiger charge is -2.23. The lowest BCUT2D eigenvalue weighted by molar-refractivity contribution is 0.0897. The quantitative estimate of drug-likeness (QED) is 0.868. The van der Waals surface area contributed by atoms with Crippen molar-refractivity contribution in [2.24, 2.45) is 5.92 Å². The first-order chi connectivity index (χ1) is 11.2. The van der Waals surface area contributed by atoms with Crippen LogP contribution < -0.4 is 5.32 Å². The fraction of sp³-hybridized carbons (Fsp3) is 0.550. The number of likely N-dealkylation sites (N-methyl/N-ethyl adjacent to an activating group) is 1. The molecular formula is C20H30N2O2. The molecule has 24 heavy (non-hydrogen) atoms. The van der Waals surface area contributed by atoms with Crippen LogP contribution in [0.4, 0.5) is 0 Å². The Hall–Kier alpha value is -1.81. The molecule has 1 amide bonds. The molecule has 1 aromatic heterocycles. The van der Waals surface area contributed by atoms with Crippen molar-refractivity contribution in [3.8, 4) is 0 Å². The summed E-state index contributed by atoms with van der Waals surface area (Å²) in [5.74, 6) is 0.849. The molecule has 2 aromatic rings. The van der Waals surface area contributed by atoms with Gasteiger partial charge in [-0.15, -0.1) is 0 Å². The van der Waals surface area contributed by atoms with Crippen molar-refractivity contribution in [3.63, 3.8) is 0 Å². The van der Waals surface area contributed by atoms with E-state index in [1.807, 2.05) is 34.0 Å². The van der Waals surface area contributed by atoms with Crippen molar-refractivity contribution in [3.05, 3.63) is 34.6 Å². The summed E-state index contributed by atoms with van der Waals surface area (Å²) in [6, 6.07) is 4.23. The third kappa shape index (κ3) is 3.99. The normalized spacial score (nSPS) is 13.0. The number of fused-ring (bicyclic) bond motifs is 1. The van der Waals surface area contributed by atoms with Gasteiger partial charge in [0.2, 0.25) is 0 Å². The average molecular weight is 330 g/mol. The van der Waals surface area contributed by atoms with Gasteiger partial charge in [0.1, 0.15) is 5.58 Å². The number of nitrogens with one attached hydrogen (secondary N) is 1. The molecular weight excluding hydrogens is 300 g/mol. The van der Waals surface area contributed by atoms with Crippen LogP contribution in [0.2, 0.25) is 0 Å². The molecule has 1 aromatic carbocycles. The van der Waals surface area contributed by atoms with Gasteiger partial charge in [0.15, 0.2) is 5.76 Å². The van der Waals surface area contributed by atoms with Gasteiger partial charge >= 0.3 is 0 Å². The largest absolute Gasteiger partial charge is 0.450 e. The number of carbonyl (C=O) groups is 1. The number of hydrogen-bond donors (Lipinski definition) is 1. The van der Waals surface area contributed by atoms with Crippen molar-refractivity contribution in [2.45, 2.75) is 47.1 Å². The highest BCUT2D eigenvalue weighted by atomic mass is 16.3. The fourth-order valence-corrected chi connectivity index (χ4v) is 3.33. The van der Waals surface area contributed by atoms with E-state index < -0.39 is 0 Å². The summed E-state index contributed by atoms with van der Waals surface area (Å²) in [5, 5.41) is 4.23. The van der Waals surface area contributed by atoms with Crippen LogP contribution in [0.5, 0.6) is 0 Å². The minimum atomic E-state index is -0.116. The molecule has 0 fully saturated rings. The van der Waals surface area contributed by atoms with Crippen molar-refractivity contribution < 1.29 is 9.21 Å². The highest BCUT2D eigenvalue weighted by molar-refractivity contribution is 6.00. The van der Waals surface area contributed by atoms with Crippen LogP contribution in [0.15, 0.2) is 16.5 Å². The molecule has 0 saturated heterocycles. The van der Waals surface area contributed by atoms with Gasteiger partial charge in [0.05, 0.1) is 0 Å². The Bertz CT molecular complexity index is 719. The van der Waals surface area contributed by atoms with E-state index in [4.69, 9.17) is 4.42 Å². The molecule has 1 heterocycles. The Balaban J connectivity index is 2.32. The summed E-state index contributed by atoms with van der Waals surface area (Å²) < 4.78 is 5.96. The van der Waals surface area contributed by atoms with E-state index in [-0.39, 0.29) is 11.9 Å². The molecule has 1 N–H and O–H groups in total. The summed E-state index contributed by atoms with van der Waals surface area (Å²) >= 11 is 0. The number of hydrogen-bond acceptors (Lipinski definition) is 3. The summed E-state index contributed by atoms with van der Waals surface area (Å²) in [7, 11) is 4.05. The van der Waals surface area contributed by atoms with Crippen molar-refractivity contribution >= 4 is 16.9 Å². The zero-order valence-corrected chi connectivity index (χ0v) is 16.0. The Kier molecular flexibility index (Phi) is 5.70. The van der Waals surface area contributed by atoms with Gasteiger partial charge in [0, 0.05) is 23.5 Å². The van der Waals surface area contributed by atoms with E-state index >= 15 is 0 Å². The molecule has 0 aliphatic rings. The number of benzene rings is 1. The smallest absolute Gasteiger partial charge is 0.287 e. The lowest BCUT2D eigenvalue weighted by Crippen LogP contribution is -2.42. The molecule has 1 unspecified atom stereocenters. The number of amides is 1. The van der Waals surface area contributed by atoms with Gasteiger partial charge in [0.25, 0.3) is 5.91 Å². The summed E-state index contributed by atoms with van der Waals surface area (Å²) in [6.07, 6.45) is 0.946. The standard InChI is InChI=1S/C20H30N2O2/c1-12(2)10-16(11-22(6)7)21-20(23)19-15(5)17-13(3)8-9-14(4)18(17)24-19/h8-9,12,16H,10-11H2,1-7H3,(H,21,23). The third-order valence-corrected chi connectivity index (χ3v) is 4.37. The number of furan rings is 1. The SMILES string of the molecule is Cc1ccc(C)c2c(C)c(C(=O)NC(CC(C)C)CN(C)C)oc12. The summed E-state index contributed by atoms with van der Waals surface area (Å²) in [6.45, 7) is 11.2. The Labute approximate surface area is 145 Å². The van der Waals surface area contributed by atoms with Gasteiger partial charge in [-0.3, -0.25) is 4.79 Å². The van der Waals surface area contributed by atoms with Gasteiger partial charge in [-0.25, -0.2) is 0 Å². The monoisotopic (exact) mass is 330 g/mol. The zero-order chi connectivity index (χ0) is 18.0. The zero-order valence-electron chi connectivity index (χ0n) is 16.0. The molecule has 0 spiro atoms. The van der Waals surface area contributed by atoms with Gasteiger partial charge in [-0.2, -0.15) is 0 Å². The maximum absolute atomic E-state index is 12.8. The van der Waals surface area contributed by atoms with Gasteiger partial charge in [-0.05, 0) is 58.3 Å². The lowest BCUT2D eigenvalue weighted by atomic mass is 10.0. The first kappa shape index (κ1) is 18.5. The number of carbonyl (C=O) groups excluding carboxylic acids is 1. The molecule has 0 aliphatic carbocycles. The number of nitrogens with zero attached hydrogens (tertiary/aromatic N) is 1. The first-order valence-electron chi connectivity index (χ1n) is 8.65. The van der Waals surface area contributed by atoms with Crippen LogP contribution >= 0.6 is 0 Å². The highest BCUT2D eigenvalue weighted by Gasteiger charge is 2.23. The predicted octanol–water partition coefficient (Wildman–Crippen LogP) is 4.06. The maximum Gasteiger partial charge on any atom is 0.287 e. The fourth-order valence-electron chi connectivity index (χ4n) is 3.33. The molecule has 0 aliphatic heterocycles. The number of aryl methyl sites for hydroxylation is 3. The summed E-state index contributed by atoms with van der Waals surface area (Å²) in [4.78, 5) is 14.9. The highest BCUT2D eigenvalue weighted by Crippen LogP contribution is 2.30. The molecule has 0 radical (unpaired) electrons. The molecule has 132 valence electrons. The van der Waals surface area contributed by atoms with E-state index in [2.05, 4.69) is 37.1 Å². The van der Waals surface area contributed by atoms with E-state index in [0.717, 1.165) is 40.6 Å². The summed E-state index contributed by atoms with van der Waals surface area (Å²) in [5.41, 5.74) is 3.95. The van der Waals surface area contributed by atoms with Gasteiger partial charge < -0.3 is 14.6 Å². The second kappa shape index (κ2) is 7.39. The minimum Gasteiger partial charge on any atom is -0.450 e. The van der Waals surface area contributed by atoms with E-state index in [1.54, 1.807) is 0 Å². The molecule has 0 saturated carbocycles. The predicted molar refractivity (Wildman–Crippen MR) is 99.7 cm³/mol. The molecule has 2 rings (SSSR count). The third-order valence-electron chi connectivity index (χ3n) is 4.37. The Morgan fingerprint density at radius 2 is 1.79 bits per heavy atom. The Morgan fingerprint density at radius 1 is 1.17 bits per heavy atom. The average Bonchev–Trinajstić information content (AvgIpc) is 2.80. The first-order valence-corrected chi connectivity index (χ1v) is 8.65. The van der Waals surface area contributed by atoms with Crippen LogP contribution in [-0.4, -0.2) is 37.5 Å². The van der Waals surface area contributed by atoms with Crippen molar-refractivity contribution in [1.29, 1.82) is 0 Å². The van der Waals surface area contributed by atoms with Crippen LogP contribution in [-0.2, 0) is 0 Å². The number of rotatable bonds is 6. The maximum atomic E-state index is 12.8. The van der Waals surface area contributed by atoms with Crippen LogP contribution in [0.1, 0.15) is 47.5 Å². The second-order valence-electron chi connectivity index (χ2n) is 7.52. The molecule has 4 nitrogen and oxygen atoms in total. The topological polar surface area (TPSA) is 45.5 Å². The minimum absolute atomic E-state index is 0.113. The van der Waals surface area contributed by atoms with Crippen LogP contribution in [0.3, 0.4) is 0 Å². The van der Waals surface area contributed by atoms with Gasteiger partial charge in [-0.1, -0.05) is 26.0 Å². The second-order valence-corrected chi connectivity index (χ2v) is 7.52. The molecule has 0 bridgehead atoms. The van der Waals surface area contributed by atoms with Crippen molar-refractivity contribution in [2.75, 3.05) is 20.6 Å².